The van der Waals surface area contributed by atoms with Gasteiger partial charge in [-0.1, -0.05) is 88.2 Å². The monoisotopic (exact) mass is 368 g/mol. The van der Waals surface area contributed by atoms with Gasteiger partial charge < -0.3 is 0 Å². The lowest BCUT2D eigenvalue weighted by atomic mass is 10.1. The fourth-order valence-electron chi connectivity index (χ4n) is 2.32. The van der Waals surface area contributed by atoms with Crippen molar-refractivity contribution in [1.29, 1.82) is 0 Å². The fourth-order valence-corrected chi connectivity index (χ4v) is 2.88. The number of rotatable bonds is 0. The summed E-state index contributed by atoms with van der Waals surface area (Å²) in [6, 6.07) is 28.7. The van der Waals surface area contributed by atoms with Crippen molar-refractivity contribution in [3.63, 3.8) is 0 Å². The van der Waals surface area contributed by atoms with Crippen LogP contribution < -0.4 is 0 Å². The van der Waals surface area contributed by atoms with Crippen LogP contribution in [-0.4, -0.2) is 0 Å². The highest BCUT2D eigenvalue weighted by molar-refractivity contribution is 9.10. The molecule has 0 nitrogen and oxygen atoms in total. The summed E-state index contributed by atoms with van der Waals surface area (Å²) >= 11 is 9.25. The second kappa shape index (κ2) is 6.95. The van der Waals surface area contributed by atoms with Crippen LogP contribution in [0, 0.1) is 0 Å². The maximum atomic E-state index is 5.82. The second-order valence-electron chi connectivity index (χ2n) is 4.98. The molecular weight excluding hydrogens is 356 g/mol. The topological polar surface area (TPSA) is 0 Å². The molecule has 4 aromatic carbocycles. The number of benzene rings is 4. The third kappa shape index (κ3) is 3.68. The molecule has 0 N–H and O–H groups in total. The predicted octanol–water partition coefficient (Wildman–Crippen LogP) is 7.10. The minimum atomic E-state index is 0.795. The van der Waals surface area contributed by atoms with Crippen LogP contribution in [0.5, 0.6) is 0 Å². The van der Waals surface area contributed by atoms with E-state index in [1.165, 1.54) is 21.5 Å². The normalized spacial score (nSPS) is 10.3. The lowest BCUT2D eigenvalue weighted by molar-refractivity contribution is 1.70. The quantitative estimate of drug-likeness (QED) is 0.310. The molecule has 0 saturated carbocycles. The average molecular weight is 370 g/mol. The van der Waals surface area contributed by atoms with Crippen LogP contribution in [0.4, 0.5) is 0 Å². The first-order valence-corrected chi connectivity index (χ1v) is 8.18. The summed E-state index contributed by atoms with van der Waals surface area (Å²) in [5, 5.41) is 5.79. The predicted molar refractivity (Wildman–Crippen MR) is 101 cm³/mol. The van der Waals surface area contributed by atoms with Gasteiger partial charge in [-0.3, -0.25) is 0 Å². The SMILES string of the molecule is Brc1ccc2ccccc2c1.Clc1ccc2ccccc2c1. The van der Waals surface area contributed by atoms with Gasteiger partial charge in [0.05, 0.1) is 0 Å². The maximum absolute atomic E-state index is 5.82. The van der Waals surface area contributed by atoms with Crippen LogP contribution in [-0.2, 0) is 0 Å². The van der Waals surface area contributed by atoms with Gasteiger partial charge in [0.1, 0.15) is 0 Å². The number of halogens is 2. The van der Waals surface area contributed by atoms with E-state index in [-0.39, 0.29) is 0 Å². The van der Waals surface area contributed by atoms with E-state index in [0.717, 1.165) is 9.50 Å². The highest BCUT2D eigenvalue weighted by atomic mass is 79.9. The Balaban J connectivity index is 0.000000131. The van der Waals surface area contributed by atoms with Gasteiger partial charge in [-0.05, 0) is 45.8 Å². The number of fused-ring (bicyclic) bond motifs is 2. The van der Waals surface area contributed by atoms with Gasteiger partial charge in [0, 0.05) is 9.50 Å². The van der Waals surface area contributed by atoms with Crippen molar-refractivity contribution in [3.8, 4) is 0 Å². The van der Waals surface area contributed by atoms with E-state index in [1.807, 2.05) is 30.3 Å². The van der Waals surface area contributed by atoms with Gasteiger partial charge in [0.2, 0.25) is 0 Å². The molecule has 4 aromatic rings. The van der Waals surface area contributed by atoms with Gasteiger partial charge in [-0.15, -0.1) is 0 Å². The summed E-state index contributed by atoms with van der Waals surface area (Å²) in [5.74, 6) is 0. The molecule has 0 aliphatic carbocycles. The Labute approximate surface area is 143 Å². The van der Waals surface area contributed by atoms with Crippen molar-refractivity contribution in [1.82, 2.24) is 0 Å². The molecule has 0 aromatic heterocycles. The lowest BCUT2D eigenvalue weighted by Crippen LogP contribution is -1.69. The Kier molecular flexibility index (Phi) is 4.77. The van der Waals surface area contributed by atoms with E-state index in [9.17, 15) is 0 Å². The van der Waals surface area contributed by atoms with Crippen molar-refractivity contribution < 1.29 is 0 Å². The van der Waals surface area contributed by atoms with E-state index in [4.69, 9.17) is 11.6 Å². The molecule has 0 radical (unpaired) electrons. The molecule has 2 heteroatoms. The Bertz CT molecular complexity index is 838. The molecule has 0 atom stereocenters. The Morgan fingerprint density at radius 2 is 1.05 bits per heavy atom. The Hall–Kier alpha value is -1.83. The van der Waals surface area contributed by atoms with Gasteiger partial charge in [0.15, 0.2) is 0 Å². The minimum Gasteiger partial charge on any atom is -0.0843 e. The van der Waals surface area contributed by atoms with Crippen LogP contribution in [0.2, 0.25) is 5.02 Å². The van der Waals surface area contributed by atoms with Crippen LogP contribution in [0.15, 0.2) is 89.4 Å². The summed E-state index contributed by atoms with van der Waals surface area (Å²) < 4.78 is 1.14. The Morgan fingerprint density at radius 1 is 0.545 bits per heavy atom. The summed E-state index contributed by atoms with van der Waals surface area (Å²) in [4.78, 5) is 0. The molecule has 108 valence electrons. The van der Waals surface area contributed by atoms with Crippen LogP contribution >= 0.6 is 27.5 Å². The van der Waals surface area contributed by atoms with Gasteiger partial charge in [-0.25, -0.2) is 0 Å². The van der Waals surface area contributed by atoms with E-state index in [1.54, 1.807) is 0 Å². The summed E-state index contributed by atoms with van der Waals surface area (Å²) in [7, 11) is 0. The van der Waals surface area contributed by atoms with E-state index < -0.39 is 0 Å². The lowest BCUT2D eigenvalue weighted by Gasteiger charge is -1.95. The first kappa shape index (κ1) is 15.1. The maximum Gasteiger partial charge on any atom is 0.0412 e. The van der Waals surface area contributed by atoms with Crippen molar-refractivity contribution in [2.45, 2.75) is 0 Å². The molecule has 0 fully saturated rings. The molecule has 0 spiro atoms. The highest BCUT2D eigenvalue weighted by Crippen LogP contribution is 2.19. The standard InChI is InChI=1S/C10H7Br.C10H7Cl/c2*11-10-6-5-8-3-1-2-4-9(8)7-10/h2*1-7H. The van der Waals surface area contributed by atoms with Crippen molar-refractivity contribution >= 4 is 49.1 Å². The molecule has 0 bridgehead atoms. The van der Waals surface area contributed by atoms with Crippen molar-refractivity contribution in [3.05, 3.63) is 94.4 Å². The molecule has 0 unspecified atom stereocenters. The molecule has 4 rings (SSSR count). The largest absolute Gasteiger partial charge is 0.0843 e. The third-order valence-electron chi connectivity index (χ3n) is 3.42. The van der Waals surface area contributed by atoms with Crippen molar-refractivity contribution in [2.24, 2.45) is 0 Å². The molecule has 0 saturated heterocycles. The number of hydrogen-bond acceptors (Lipinski definition) is 0. The van der Waals surface area contributed by atoms with Crippen molar-refractivity contribution in [2.75, 3.05) is 0 Å². The zero-order chi connectivity index (χ0) is 15.4. The smallest absolute Gasteiger partial charge is 0.0412 e. The fraction of sp³-hybridized carbons (Fsp3) is 0. The van der Waals surface area contributed by atoms with E-state index >= 15 is 0 Å². The minimum absolute atomic E-state index is 0.795. The van der Waals surface area contributed by atoms with Gasteiger partial charge >= 0.3 is 0 Å². The molecule has 0 amide bonds. The summed E-state index contributed by atoms with van der Waals surface area (Å²) in [5.41, 5.74) is 0. The molecule has 22 heavy (non-hydrogen) atoms. The van der Waals surface area contributed by atoms with Gasteiger partial charge in [-0.2, -0.15) is 0 Å². The van der Waals surface area contributed by atoms with Crippen LogP contribution in [0.25, 0.3) is 21.5 Å². The first-order valence-electron chi connectivity index (χ1n) is 7.01. The summed E-state index contributed by atoms with van der Waals surface area (Å²) in [6.45, 7) is 0. The van der Waals surface area contributed by atoms with Gasteiger partial charge in [0.25, 0.3) is 0 Å². The molecule has 0 aliphatic rings. The molecule has 0 heterocycles. The zero-order valence-electron chi connectivity index (χ0n) is 11.8. The number of hydrogen-bond donors (Lipinski definition) is 0. The first-order chi connectivity index (χ1) is 10.7. The second-order valence-corrected chi connectivity index (χ2v) is 6.34. The highest BCUT2D eigenvalue weighted by Gasteiger charge is 1.91. The molecule has 0 aliphatic heterocycles. The van der Waals surface area contributed by atoms with Crippen LogP contribution in [0.3, 0.4) is 0 Å². The summed E-state index contributed by atoms with van der Waals surface area (Å²) in [6.07, 6.45) is 0. The van der Waals surface area contributed by atoms with Crippen LogP contribution in [0.1, 0.15) is 0 Å². The molecular formula is C20H14BrCl. The van der Waals surface area contributed by atoms with E-state index in [0.29, 0.717) is 0 Å². The van der Waals surface area contributed by atoms with E-state index in [2.05, 4.69) is 70.5 Å². The average Bonchev–Trinajstić information content (AvgIpc) is 2.55. The zero-order valence-corrected chi connectivity index (χ0v) is 14.2. The Morgan fingerprint density at radius 3 is 1.68 bits per heavy atom. The third-order valence-corrected chi connectivity index (χ3v) is 4.15.